The topological polar surface area (TPSA) is 55.4 Å². The van der Waals surface area contributed by atoms with E-state index in [0.717, 1.165) is 0 Å². The van der Waals surface area contributed by atoms with Crippen LogP contribution in [0.3, 0.4) is 0 Å². The molecule has 106 valence electrons. The van der Waals surface area contributed by atoms with E-state index < -0.39 is 10.0 Å². The lowest BCUT2D eigenvalue weighted by Crippen LogP contribution is -2.13. The van der Waals surface area contributed by atoms with Gasteiger partial charge in [0.25, 0.3) is 10.0 Å². The number of halogens is 2. The Hall–Kier alpha value is -1.43. The summed E-state index contributed by atoms with van der Waals surface area (Å²) in [5, 5.41) is 0.180. The molecule has 2 aromatic rings. The van der Waals surface area contributed by atoms with Crippen LogP contribution in [0.25, 0.3) is 0 Å². The van der Waals surface area contributed by atoms with Crippen LogP contribution < -0.4 is 9.46 Å². The van der Waals surface area contributed by atoms with E-state index in [-0.39, 0.29) is 14.9 Å². The highest BCUT2D eigenvalue weighted by molar-refractivity contribution is 7.92. The molecule has 0 aliphatic carbocycles. The number of hydrogen-bond acceptors (Lipinski definition) is 3. The summed E-state index contributed by atoms with van der Waals surface area (Å²) in [5.74, 6) is 0.633. The number of ether oxygens (including phenoxy) is 1. The molecule has 0 atom stereocenters. The molecule has 0 radical (unpaired) electrons. The first-order valence-electron chi connectivity index (χ1n) is 5.55. The summed E-state index contributed by atoms with van der Waals surface area (Å²) in [6.07, 6.45) is 0. The van der Waals surface area contributed by atoms with Gasteiger partial charge in [0.15, 0.2) is 0 Å². The standard InChI is InChI=1S/C13H11Cl2NO3S/c1-19-10-7-5-9(6-8-10)16-20(17,18)12-4-2-3-11(14)13(12)15/h2-8,16H,1H3. The van der Waals surface area contributed by atoms with Crippen LogP contribution in [0.1, 0.15) is 0 Å². The monoisotopic (exact) mass is 331 g/mol. The molecule has 0 unspecified atom stereocenters. The van der Waals surface area contributed by atoms with Crippen molar-refractivity contribution < 1.29 is 13.2 Å². The van der Waals surface area contributed by atoms with Gasteiger partial charge in [-0.25, -0.2) is 8.42 Å². The van der Waals surface area contributed by atoms with Gasteiger partial charge < -0.3 is 4.74 Å². The van der Waals surface area contributed by atoms with Crippen molar-refractivity contribution in [2.75, 3.05) is 11.8 Å². The minimum Gasteiger partial charge on any atom is -0.497 e. The van der Waals surface area contributed by atoms with Gasteiger partial charge in [-0.1, -0.05) is 29.3 Å². The maximum absolute atomic E-state index is 12.2. The van der Waals surface area contributed by atoms with E-state index in [1.54, 1.807) is 24.3 Å². The van der Waals surface area contributed by atoms with Crippen LogP contribution in [0, 0.1) is 0 Å². The molecule has 2 rings (SSSR count). The van der Waals surface area contributed by atoms with Crippen molar-refractivity contribution in [1.82, 2.24) is 0 Å². The second kappa shape index (κ2) is 5.91. The van der Waals surface area contributed by atoms with Crippen molar-refractivity contribution >= 4 is 38.9 Å². The maximum atomic E-state index is 12.2. The lowest BCUT2D eigenvalue weighted by atomic mass is 10.3. The summed E-state index contributed by atoms with van der Waals surface area (Å²) < 4.78 is 31.9. The van der Waals surface area contributed by atoms with Crippen LogP contribution in [0.4, 0.5) is 5.69 Å². The molecule has 4 nitrogen and oxygen atoms in total. The van der Waals surface area contributed by atoms with Crippen molar-refractivity contribution in [2.45, 2.75) is 4.90 Å². The summed E-state index contributed by atoms with van der Waals surface area (Å²) in [6.45, 7) is 0. The van der Waals surface area contributed by atoms with Gasteiger partial charge in [0.05, 0.1) is 17.2 Å². The molecule has 0 aliphatic rings. The van der Waals surface area contributed by atoms with Crippen LogP contribution >= 0.6 is 23.2 Å². The average Bonchev–Trinajstić information content (AvgIpc) is 2.42. The van der Waals surface area contributed by atoms with Gasteiger partial charge in [0.2, 0.25) is 0 Å². The Bertz CT molecular complexity index is 715. The molecule has 0 aromatic heterocycles. The molecule has 2 aromatic carbocycles. The first kappa shape index (κ1) is 15.0. The van der Waals surface area contributed by atoms with E-state index in [9.17, 15) is 8.42 Å². The molecule has 0 heterocycles. The predicted molar refractivity (Wildman–Crippen MR) is 80.3 cm³/mol. The molecule has 0 amide bonds. The van der Waals surface area contributed by atoms with Crippen molar-refractivity contribution in [2.24, 2.45) is 0 Å². The fourth-order valence-electron chi connectivity index (χ4n) is 1.56. The van der Waals surface area contributed by atoms with E-state index in [0.29, 0.717) is 11.4 Å². The third-order valence-electron chi connectivity index (χ3n) is 2.55. The van der Waals surface area contributed by atoms with Crippen LogP contribution in [-0.4, -0.2) is 15.5 Å². The fourth-order valence-corrected chi connectivity index (χ4v) is 3.38. The molecule has 1 N–H and O–H groups in total. The van der Waals surface area contributed by atoms with E-state index >= 15 is 0 Å². The SMILES string of the molecule is COc1ccc(NS(=O)(=O)c2cccc(Cl)c2Cl)cc1. The van der Waals surface area contributed by atoms with Gasteiger partial charge in [-0.3, -0.25) is 4.72 Å². The van der Waals surface area contributed by atoms with Gasteiger partial charge in [0.1, 0.15) is 10.6 Å². The summed E-state index contributed by atoms with van der Waals surface area (Å²) >= 11 is 11.7. The second-order valence-electron chi connectivity index (χ2n) is 3.89. The van der Waals surface area contributed by atoms with E-state index in [1.807, 2.05) is 0 Å². The van der Waals surface area contributed by atoms with Crippen molar-refractivity contribution in [3.63, 3.8) is 0 Å². The minimum absolute atomic E-state index is 0.00446. The lowest BCUT2D eigenvalue weighted by Gasteiger charge is -2.10. The number of sulfonamides is 1. The molecule has 0 saturated heterocycles. The number of rotatable bonds is 4. The van der Waals surface area contributed by atoms with Crippen molar-refractivity contribution in [1.29, 1.82) is 0 Å². The molecule has 0 aliphatic heterocycles. The Morgan fingerprint density at radius 3 is 2.30 bits per heavy atom. The summed E-state index contributed by atoms with van der Waals surface area (Å²) in [6, 6.07) is 10.9. The van der Waals surface area contributed by atoms with Gasteiger partial charge in [-0.2, -0.15) is 0 Å². The molecule has 0 saturated carbocycles. The molecule has 7 heteroatoms. The Kier molecular flexibility index (Phi) is 4.42. The zero-order valence-electron chi connectivity index (χ0n) is 10.4. The maximum Gasteiger partial charge on any atom is 0.263 e. The highest BCUT2D eigenvalue weighted by Gasteiger charge is 2.19. The van der Waals surface area contributed by atoms with Gasteiger partial charge in [-0.15, -0.1) is 0 Å². The third-order valence-corrected chi connectivity index (χ3v) is 4.90. The quantitative estimate of drug-likeness (QED) is 0.926. The van der Waals surface area contributed by atoms with Gasteiger partial charge >= 0.3 is 0 Å². The van der Waals surface area contributed by atoms with Crippen LogP contribution in [0.2, 0.25) is 10.0 Å². The second-order valence-corrected chi connectivity index (χ2v) is 6.32. The fraction of sp³-hybridized carbons (Fsp3) is 0.0769. The van der Waals surface area contributed by atoms with Gasteiger partial charge in [-0.05, 0) is 36.4 Å². The Balaban J connectivity index is 2.33. The summed E-state index contributed by atoms with van der Waals surface area (Å²) in [4.78, 5) is -0.0671. The molecule has 0 spiro atoms. The number of methoxy groups -OCH3 is 1. The van der Waals surface area contributed by atoms with Gasteiger partial charge in [0, 0.05) is 5.69 Å². The lowest BCUT2D eigenvalue weighted by molar-refractivity contribution is 0.415. The highest BCUT2D eigenvalue weighted by atomic mass is 35.5. The minimum atomic E-state index is -3.79. The molecule has 0 bridgehead atoms. The summed E-state index contributed by atoms with van der Waals surface area (Å²) in [7, 11) is -2.26. The predicted octanol–water partition coefficient (Wildman–Crippen LogP) is 3.80. The number of benzene rings is 2. The third kappa shape index (κ3) is 3.17. The van der Waals surface area contributed by atoms with Crippen LogP contribution in [-0.2, 0) is 10.0 Å². The number of nitrogens with one attached hydrogen (secondary N) is 1. The highest BCUT2D eigenvalue weighted by Crippen LogP contribution is 2.30. The summed E-state index contributed by atoms with van der Waals surface area (Å²) in [5.41, 5.74) is 0.404. The van der Waals surface area contributed by atoms with E-state index in [4.69, 9.17) is 27.9 Å². The smallest absolute Gasteiger partial charge is 0.263 e. The van der Waals surface area contributed by atoms with Crippen LogP contribution in [0.5, 0.6) is 5.75 Å². The Labute approximate surface area is 127 Å². The number of hydrogen-bond donors (Lipinski definition) is 1. The first-order chi connectivity index (χ1) is 9.44. The van der Waals surface area contributed by atoms with Crippen molar-refractivity contribution in [3.8, 4) is 5.75 Å². The number of anilines is 1. The zero-order chi connectivity index (χ0) is 14.8. The molecular formula is C13H11Cl2NO3S. The van der Waals surface area contributed by atoms with Crippen LogP contribution in [0.15, 0.2) is 47.4 Å². The Morgan fingerprint density at radius 2 is 1.70 bits per heavy atom. The zero-order valence-corrected chi connectivity index (χ0v) is 12.8. The molecule has 20 heavy (non-hydrogen) atoms. The molecular weight excluding hydrogens is 321 g/mol. The molecule has 0 fully saturated rings. The van der Waals surface area contributed by atoms with Crippen molar-refractivity contribution in [3.05, 3.63) is 52.5 Å². The van der Waals surface area contributed by atoms with E-state index in [1.165, 1.54) is 25.3 Å². The Morgan fingerprint density at radius 1 is 1.05 bits per heavy atom. The normalized spacial score (nSPS) is 11.2. The largest absolute Gasteiger partial charge is 0.497 e. The first-order valence-corrected chi connectivity index (χ1v) is 7.79. The van der Waals surface area contributed by atoms with E-state index in [2.05, 4.69) is 4.72 Å². The average molecular weight is 332 g/mol.